The molecule has 0 radical (unpaired) electrons. The van der Waals surface area contributed by atoms with E-state index in [9.17, 15) is 4.79 Å². The van der Waals surface area contributed by atoms with Crippen LogP contribution in [-0.2, 0) is 11.3 Å². The van der Waals surface area contributed by atoms with Crippen LogP contribution in [0.4, 0.5) is 0 Å². The molecule has 1 aromatic heterocycles. The fourth-order valence-corrected chi connectivity index (χ4v) is 2.09. The molecule has 0 unspecified atom stereocenters. The fourth-order valence-electron chi connectivity index (χ4n) is 2.09. The molecule has 0 saturated carbocycles. The highest BCUT2D eigenvalue weighted by Crippen LogP contribution is 2.31. The molecule has 17 heavy (non-hydrogen) atoms. The summed E-state index contributed by atoms with van der Waals surface area (Å²) in [4.78, 5) is 13.2. The molecule has 2 heterocycles. The molecule has 90 valence electrons. The van der Waals surface area contributed by atoms with Gasteiger partial charge < -0.3 is 9.52 Å². The molecule has 2 rings (SSSR count). The van der Waals surface area contributed by atoms with Gasteiger partial charge in [0.25, 0.3) is 0 Å². The first-order chi connectivity index (χ1) is 8.16. The number of rotatable bonds is 3. The second-order valence-electron chi connectivity index (χ2n) is 4.35. The number of hydrogen-bond donors (Lipinski definition) is 1. The number of furan rings is 1. The van der Waals surface area contributed by atoms with Crippen molar-refractivity contribution in [2.75, 3.05) is 13.1 Å². The number of piperidine rings is 1. The summed E-state index contributed by atoms with van der Waals surface area (Å²) in [6.45, 7) is 1.90. The summed E-state index contributed by atoms with van der Waals surface area (Å²) in [5.74, 6) is -0.137. The van der Waals surface area contributed by atoms with E-state index < -0.39 is 11.4 Å². The summed E-state index contributed by atoms with van der Waals surface area (Å²) in [7, 11) is 0. The lowest BCUT2D eigenvalue weighted by Crippen LogP contribution is -2.43. The third-order valence-electron chi connectivity index (χ3n) is 3.29. The largest absolute Gasteiger partial charge is 0.480 e. The van der Waals surface area contributed by atoms with E-state index in [1.807, 2.05) is 18.2 Å². The highest BCUT2D eigenvalue weighted by Gasteiger charge is 2.41. The van der Waals surface area contributed by atoms with Crippen molar-refractivity contribution in [3.05, 3.63) is 24.2 Å². The van der Waals surface area contributed by atoms with E-state index in [4.69, 9.17) is 14.8 Å². The summed E-state index contributed by atoms with van der Waals surface area (Å²) in [6, 6.07) is 5.67. The van der Waals surface area contributed by atoms with E-state index in [1.165, 1.54) is 0 Å². The quantitative estimate of drug-likeness (QED) is 0.856. The molecule has 5 nitrogen and oxygen atoms in total. The van der Waals surface area contributed by atoms with Gasteiger partial charge in [-0.25, -0.2) is 0 Å². The Balaban J connectivity index is 1.94. The molecule has 5 heteroatoms. The molecule has 0 bridgehead atoms. The van der Waals surface area contributed by atoms with E-state index in [0.717, 1.165) is 5.76 Å². The summed E-state index contributed by atoms with van der Waals surface area (Å²) in [5.41, 5.74) is -1.19. The van der Waals surface area contributed by atoms with E-state index in [0.29, 0.717) is 32.5 Å². The maximum atomic E-state index is 11.1. The van der Waals surface area contributed by atoms with Gasteiger partial charge in [-0.15, -0.1) is 0 Å². The van der Waals surface area contributed by atoms with Crippen LogP contribution in [-0.4, -0.2) is 29.1 Å². The monoisotopic (exact) mass is 234 g/mol. The van der Waals surface area contributed by atoms with Crippen LogP contribution < -0.4 is 0 Å². The van der Waals surface area contributed by atoms with E-state index in [2.05, 4.69) is 4.90 Å². The third kappa shape index (κ3) is 2.32. The minimum atomic E-state index is -1.19. The first-order valence-electron chi connectivity index (χ1n) is 5.56. The number of hydrogen-bond acceptors (Lipinski definition) is 4. The average molecular weight is 234 g/mol. The van der Waals surface area contributed by atoms with Crippen molar-refractivity contribution in [3.63, 3.8) is 0 Å². The smallest absolute Gasteiger partial charge is 0.324 e. The van der Waals surface area contributed by atoms with Gasteiger partial charge in [0.15, 0.2) is 5.41 Å². The fraction of sp³-hybridized carbons (Fsp3) is 0.500. The number of carboxylic acids is 1. The summed E-state index contributed by atoms with van der Waals surface area (Å²) in [5, 5.41) is 18.1. The Kier molecular flexibility index (Phi) is 3.16. The van der Waals surface area contributed by atoms with Crippen LogP contribution in [0.15, 0.2) is 22.8 Å². The molecule has 1 aliphatic heterocycles. The maximum Gasteiger partial charge on any atom is 0.324 e. The van der Waals surface area contributed by atoms with Gasteiger partial charge in [0.1, 0.15) is 5.76 Å². The number of aliphatic carboxylic acids is 1. The average Bonchev–Trinajstić information content (AvgIpc) is 2.83. The van der Waals surface area contributed by atoms with Crippen molar-refractivity contribution >= 4 is 5.97 Å². The molecule has 0 spiro atoms. The SMILES string of the molecule is N#CC1(C(=O)O)CCN(Cc2ccco2)CC1. The van der Waals surface area contributed by atoms with Crippen molar-refractivity contribution in [2.45, 2.75) is 19.4 Å². The lowest BCUT2D eigenvalue weighted by atomic mass is 9.80. The highest BCUT2D eigenvalue weighted by atomic mass is 16.4. The number of carboxylic acid groups (broad SMARTS) is 1. The van der Waals surface area contributed by atoms with Crippen molar-refractivity contribution in [3.8, 4) is 6.07 Å². The molecule has 1 aliphatic rings. The van der Waals surface area contributed by atoms with Gasteiger partial charge in [0.2, 0.25) is 0 Å². The molecule has 0 amide bonds. The normalized spacial score (nSPS) is 19.7. The van der Waals surface area contributed by atoms with Crippen LogP contribution in [0.1, 0.15) is 18.6 Å². The standard InChI is InChI=1S/C12H14N2O3/c13-9-12(11(15)16)3-5-14(6-4-12)8-10-2-1-7-17-10/h1-2,7H,3-6,8H2,(H,15,16). The predicted molar refractivity (Wildman–Crippen MR) is 58.9 cm³/mol. The van der Waals surface area contributed by atoms with Gasteiger partial charge in [-0.2, -0.15) is 5.26 Å². The Morgan fingerprint density at radius 3 is 2.76 bits per heavy atom. The molecule has 0 atom stereocenters. The molecule has 1 aromatic rings. The van der Waals surface area contributed by atoms with Gasteiger partial charge >= 0.3 is 5.97 Å². The van der Waals surface area contributed by atoms with Crippen LogP contribution in [0.5, 0.6) is 0 Å². The first kappa shape index (κ1) is 11.7. The van der Waals surface area contributed by atoms with Gasteiger partial charge in [-0.1, -0.05) is 0 Å². The van der Waals surface area contributed by atoms with Crippen LogP contribution in [0.2, 0.25) is 0 Å². The molecule has 1 saturated heterocycles. The molecule has 1 N–H and O–H groups in total. The maximum absolute atomic E-state index is 11.1. The van der Waals surface area contributed by atoms with Crippen LogP contribution in [0.3, 0.4) is 0 Å². The van der Waals surface area contributed by atoms with Gasteiger partial charge in [0.05, 0.1) is 18.9 Å². The van der Waals surface area contributed by atoms with E-state index in [-0.39, 0.29) is 0 Å². The Bertz CT molecular complexity index is 425. The molecule has 0 aromatic carbocycles. The molecular formula is C12H14N2O3. The third-order valence-corrected chi connectivity index (χ3v) is 3.29. The number of carbonyl (C=O) groups is 1. The number of likely N-dealkylation sites (tertiary alicyclic amines) is 1. The zero-order chi connectivity index (χ0) is 12.3. The summed E-state index contributed by atoms with van der Waals surface area (Å²) in [6.07, 6.45) is 2.37. The lowest BCUT2D eigenvalue weighted by molar-refractivity contribution is -0.147. The highest BCUT2D eigenvalue weighted by molar-refractivity contribution is 5.78. The topological polar surface area (TPSA) is 77.5 Å². The summed E-state index contributed by atoms with van der Waals surface area (Å²) < 4.78 is 5.24. The zero-order valence-corrected chi connectivity index (χ0v) is 9.43. The molecular weight excluding hydrogens is 220 g/mol. The Morgan fingerprint density at radius 2 is 2.29 bits per heavy atom. The van der Waals surface area contributed by atoms with Crippen LogP contribution in [0, 0.1) is 16.7 Å². The summed E-state index contributed by atoms with van der Waals surface area (Å²) >= 11 is 0. The van der Waals surface area contributed by atoms with Gasteiger partial charge in [-0.05, 0) is 25.0 Å². The van der Waals surface area contributed by atoms with Crippen molar-refractivity contribution < 1.29 is 14.3 Å². The predicted octanol–water partition coefficient (Wildman–Crippen LogP) is 1.47. The van der Waals surface area contributed by atoms with E-state index >= 15 is 0 Å². The molecule has 1 fully saturated rings. The second kappa shape index (κ2) is 4.60. The number of nitriles is 1. The van der Waals surface area contributed by atoms with Gasteiger partial charge in [0, 0.05) is 13.1 Å². The molecule has 0 aliphatic carbocycles. The number of nitrogens with zero attached hydrogens (tertiary/aromatic N) is 2. The van der Waals surface area contributed by atoms with Crippen molar-refractivity contribution in [1.82, 2.24) is 4.90 Å². The Hall–Kier alpha value is -1.80. The van der Waals surface area contributed by atoms with Crippen LogP contribution >= 0.6 is 0 Å². The first-order valence-corrected chi connectivity index (χ1v) is 5.56. The Labute approximate surface area is 99.2 Å². The minimum Gasteiger partial charge on any atom is -0.480 e. The minimum absolute atomic E-state index is 0.375. The van der Waals surface area contributed by atoms with Crippen molar-refractivity contribution in [1.29, 1.82) is 5.26 Å². The Morgan fingerprint density at radius 1 is 1.59 bits per heavy atom. The zero-order valence-electron chi connectivity index (χ0n) is 9.43. The lowest BCUT2D eigenvalue weighted by Gasteiger charge is -2.33. The van der Waals surface area contributed by atoms with E-state index in [1.54, 1.807) is 6.26 Å². The van der Waals surface area contributed by atoms with Crippen molar-refractivity contribution in [2.24, 2.45) is 5.41 Å². The second-order valence-corrected chi connectivity index (χ2v) is 4.35. The van der Waals surface area contributed by atoms with Crippen LogP contribution in [0.25, 0.3) is 0 Å². The van der Waals surface area contributed by atoms with Gasteiger partial charge in [-0.3, -0.25) is 9.69 Å².